The van der Waals surface area contributed by atoms with Crippen LogP contribution in [0.25, 0.3) is 0 Å². The molecule has 0 heterocycles. The van der Waals surface area contributed by atoms with Crippen LogP contribution < -0.4 is 0 Å². The Labute approximate surface area is 92.4 Å². The lowest BCUT2D eigenvalue weighted by atomic mass is 10.2. The molecule has 0 aromatic rings. The molecule has 0 saturated heterocycles. The average molecular weight is 214 g/mol. The van der Waals surface area contributed by atoms with Gasteiger partial charge >= 0.3 is 5.97 Å². The fraction of sp³-hybridized carbons (Fsp3) is 0.727. The molecule has 0 aliphatic carbocycles. The summed E-state index contributed by atoms with van der Waals surface area (Å²) in [5.41, 5.74) is 0.664. The molecule has 0 amide bonds. The van der Waals surface area contributed by atoms with Crippen molar-refractivity contribution < 1.29 is 9.63 Å². The SMILES string of the molecule is CCN(C)OC(=O)C(C)=CCCN(C)C. The van der Waals surface area contributed by atoms with E-state index >= 15 is 0 Å². The highest BCUT2D eigenvalue weighted by molar-refractivity contribution is 5.87. The zero-order valence-corrected chi connectivity index (χ0v) is 10.4. The van der Waals surface area contributed by atoms with Gasteiger partial charge in [0.2, 0.25) is 0 Å². The van der Waals surface area contributed by atoms with Crippen molar-refractivity contribution in [3.05, 3.63) is 11.6 Å². The van der Waals surface area contributed by atoms with Gasteiger partial charge in [-0.05, 0) is 34.4 Å². The second kappa shape index (κ2) is 7.43. The molecular weight excluding hydrogens is 192 g/mol. The molecule has 4 nitrogen and oxygen atoms in total. The first-order valence-corrected chi connectivity index (χ1v) is 5.22. The normalized spacial score (nSPS) is 12.3. The fourth-order valence-electron chi connectivity index (χ4n) is 0.901. The average Bonchev–Trinajstić information content (AvgIpc) is 2.16. The van der Waals surface area contributed by atoms with Crippen molar-refractivity contribution in [1.29, 1.82) is 0 Å². The molecule has 0 unspecified atom stereocenters. The van der Waals surface area contributed by atoms with E-state index in [0.717, 1.165) is 13.0 Å². The van der Waals surface area contributed by atoms with Crippen molar-refractivity contribution in [3.63, 3.8) is 0 Å². The van der Waals surface area contributed by atoms with Crippen molar-refractivity contribution in [3.8, 4) is 0 Å². The van der Waals surface area contributed by atoms with E-state index in [1.807, 2.05) is 27.1 Å². The van der Waals surface area contributed by atoms with Gasteiger partial charge < -0.3 is 9.74 Å². The maximum atomic E-state index is 11.4. The van der Waals surface area contributed by atoms with E-state index in [0.29, 0.717) is 12.1 Å². The summed E-state index contributed by atoms with van der Waals surface area (Å²) in [4.78, 5) is 18.6. The third-order valence-electron chi connectivity index (χ3n) is 2.03. The lowest BCUT2D eigenvalue weighted by Gasteiger charge is -2.13. The minimum absolute atomic E-state index is 0.266. The molecule has 0 aliphatic heterocycles. The van der Waals surface area contributed by atoms with Crippen LogP contribution in [0.2, 0.25) is 0 Å². The quantitative estimate of drug-likeness (QED) is 0.493. The second-order valence-electron chi connectivity index (χ2n) is 3.80. The number of carbonyl (C=O) groups excluding carboxylic acids is 1. The van der Waals surface area contributed by atoms with Gasteiger partial charge in [0.1, 0.15) is 0 Å². The zero-order valence-electron chi connectivity index (χ0n) is 10.4. The number of nitrogens with zero attached hydrogens (tertiary/aromatic N) is 2. The van der Waals surface area contributed by atoms with Gasteiger partial charge in [0.05, 0.1) is 0 Å². The Morgan fingerprint density at radius 2 is 1.93 bits per heavy atom. The van der Waals surface area contributed by atoms with Gasteiger partial charge in [-0.15, -0.1) is 5.06 Å². The van der Waals surface area contributed by atoms with E-state index in [2.05, 4.69) is 4.90 Å². The predicted molar refractivity (Wildman–Crippen MR) is 61.3 cm³/mol. The first-order chi connectivity index (χ1) is 6.97. The molecule has 15 heavy (non-hydrogen) atoms. The molecule has 0 rings (SSSR count). The predicted octanol–water partition coefficient (Wildman–Crippen LogP) is 1.29. The second-order valence-corrected chi connectivity index (χ2v) is 3.80. The summed E-state index contributed by atoms with van der Waals surface area (Å²) in [6.45, 7) is 5.34. The summed E-state index contributed by atoms with van der Waals surface area (Å²) in [6, 6.07) is 0. The maximum Gasteiger partial charge on any atom is 0.352 e. The van der Waals surface area contributed by atoms with Crippen LogP contribution in [0.3, 0.4) is 0 Å². The molecule has 0 aliphatic rings. The minimum Gasteiger partial charge on any atom is -0.364 e. The molecule has 0 N–H and O–H groups in total. The third kappa shape index (κ3) is 7.11. The van der Waals surface area contributed by atoms with E-state index in [-0.39, 0.29) is 5.97 Å². The summed E-state index contributed by atoms with van der Waals surface area (Å²) in [6.07, 6.45) is 2.77. The largest absolute Gasteiger partial charge is 0.364 e. The first-order valence-electron chi connectivity index (χ1n) is 5.22. The van der Waals surface area contributed by atoms with Crippen molar-refractivity contribution in [2.75, 3.05) is 34.2 Å². The lowest BCUT2D eigenvalue weighted by molar-refractivity contribution is -0.177. The highest BCUT2D eigenvalue weighted by atomic mass is 16.7. The summed E-state index contributed by atoms with van der Waals surface area (Å²) in [5.74, 6) is -0.266. The van der Waals surface area contributed by atoms with Gasteiger partial charge in [-0.25, -0.2) is 4.79 Å². The van der Waals surface area contributed by atoms with E-state index in [4.69, 9.17) is 4.84 Å². The zero-order chi connectivity index (χ0) is 11.8. The van der Waals surface area contributed by atoms with Crippen LogP contribution in [-0.2, 0) is 9.63 Å². The molecular formula is C11H22N2O2. The van der Waals surface area contributed by atoms with Crippen LogP contribution >= 0.6 is 0 Å². The number of carbonyl (C=O) groups is 1. The van der Waals surface area contributed by atoms with E-state index in [1.54, 1.807) is 14.0 Å². The van der Waals surface area contributed by atoms with Crippen LogP contribution in [-0.4, -0.2) is 50.2 Å². The molecule has 4 heteroatoms. The minimum atomic E-state index is -0.266. The van der Waals surface area contributed by atoms with E-state index in [1.165, 1.54) is 5.06 Å². The third-order valence-corrected chi connectivity index (χ3v) is 2.03. The number of hydrogen-bond donors (Lipinski definition) is 0. The van der Waals surface area contributed by atoms with Gasteiger partial charge in [-0.3, -0.25) is 0 Å². The van der Waals surface area contributed by atoms with Crippen LogP contribution in [0, 0.1) is 0 Å². The molecule has 88 valence electrons. The smallest absolute Gasteiger partial charge is 0.352 e. The summed E-state index contributed by atoms with van der Waals surface area (Å²) in [7, 11) is 5.75. The standard InChI is InChI=1S/C11H22N2O2/c1-6-13(5)15-11(14)10(2)8-7-9-12(3)4/h8H,6-7,9H2,1-5H3. The highest BCUT2D eigenvalue weighted by Crippen LogP contribution is 2.00. The summed E-state index contributed by atoms with van der Waals surface area (Å²) >= 11 is 0. The Hall–Kier alpha value is -0.870. The topological polar surface area (TPSA) is 32.8 Å². The molecule has 0 aromatic heterocycles. The van der Waals surface area contributed by atoms with Crippen LogP contribution in [0.5, 0.6) is 0 Å². The molecule has 0 saturated carbocycles. The van der Waals surface area contributed by atoms with Gasteiger partial charge in [-0.2, -0.15) is 0 Å². The van der Waals surface area contributed by atoms with Crippen LogP contribution in [0.1, 0.15) is 20.3 Å². The monoisotopic (exact) mass is 214 g/mol. The Balaban J connectivity index is 3.96. The molecule has 0 radical (unpaired) electrons. The van der Waals surface area contributed by atoms with E-state index < -0.39 is 0 Å². The Bertz CT molecular complexity index is 225. The Morgan fingerprint density at radius 3 is 2.40 bits per heavy atom. The van der Waals surface area contributed by atoms with Gasteiger partial charge in [-0.1, -0.05) is 6.08 Å². The summed E-state index contributed by atoms with van der Waals surface area (Å²) < 4.78 is 0. The van der Waals surface area contributed by atoms with Gasteiger partial charge in [0.15, 0.2) is 0 Å². The van der Waals surface area contributed by atoms with Gasteiger partial charge in [0, 0.05) is 25.7 Å². The van der Waals surface area contributed by atoms with Gasteiger partial charge in [0.25, 0.3) is 0 Å². The molecule has 0 spiro atoms. The lowest BCUT2D eigenvalue weighted by Crippen LogP contribution is -2.23. The highest BCUT2D eigenvalue weighted by Gasteiger charge is 2.07. The number of hydroxylamine groups is 2. The Kier molecular flexibility index (Phi) is 6.99. The fourth-order valence-corrected chi connectivity index (χ4v) is 0.901. The van der Waals surface area contributed by atoms with Crippen molar-refractivity contribution in [2.24, 2.45) is 0 Å². The Morgan fingerprint density at radius 1 is 1.33 bits per heavy atom. The number of rotatable bonds is 6. The van der Waals surface area contributed by atoms with Crippen molar-refractivity contribution in [1.82, 2.24) is 9.96 Å². The van der Waals surface area contributed by atoms with E-state index in [9.17, 15) is 4.79 Å². The number of hydrogen-bond acceptors (Lipinski definition) is 4. The van der Waals surface area contributed by atoms with Crippen molar-refractivity contribution >= 4 is 5.97 Å². The van der Waals surface area contributed by atoms with Crippen molar-refractivity contribution in [2.45, 2.75) is 20.3 Å². The van der Waals surface area contributed by atoms with Crippen LogP contribution in [0.4, 0.5) is 0 Å². The summed E-state index contributed by atoms with van der Waals surface area (Å²) in [5, 5.41) is 1.52. The molecule has 0 atom stereocenters. The first kappa shape index (κ1) is 14.1. The molecule has 0 fully saturated rings. The van der Waals surface area contributed by atoms with Crippen LogP contribution in [0.15, 0.2) is 11.6 Å². The molecule has 0 aromatic carbocycles. The maximum absolute atomic E-state index is 11.4. The molecule has 0 bridgehead atoms.